The Morgan fingerprint density at radius 1 is 0.734 bits per heavy atom. The number of likely N-dealkylation sites (tertiary alicyclic amines) is 2. The van der Waals surface area contributed by atoms with Crippen molar-refractivity contribution < 1.29 is 43.1 Å². The van der Waals surface area contributed by atoms with Gasteiger partial charge in [0.25, 0.3) is 0 Å². The quantitative estimate of drug-likeness (QED) is 0.0773. The van der Waals surface area contributed by atoms with Crippen molar-refractivity contribution in [2.45, 2.75) is 57.5 Å². The third-order valence-corrected chi connectivity index (χ3v) is 12.2. The van der Waals surface area contributed by atoms with Gasteiger partial charge >= 0.3 is 11.9 Å². The Balaban J connectivity index is 0.000000193. The summed E-state index contributed by atoms with van der Waals surface area (Å²) in [5, 5.41) is 20.5. The van der Waals surface area contributed by atoms with Gasteiger partial charge in [-0.1, -0.05) is 12.1 Å². The second-order valence-electron chi connectivity index (χ2n) is 16.3. The molecule has 64 heavy (non-hydrogen) atoms. The molecule has 2 N–H and O–H groups in total. The zero-order valence-corrected chi connectivity index (χ0v) is 36.7. The summed E-state index contributed by atoms with van der Waals surface area (Å²) in [4.78, 5) is 35.9. The Morgan fingerprint density at radius 2 is 1.31 bits per heavy atom. The number of carbonyl (C=O) groups is 2. The molecule has 2 saturated heterocycles. The smallest absolute Gasteiger partial charge is 0.339 e. The van der Waals surface area contributed by atoms with Gasteiger partial charge in [0.15, 0.2) is 0 Å². The third-order valence-electron chi connectivity index (χ3n) is 12.2. The molecule has 340 valence electrons. The Kier molecular flexibility index (Phi) is 16.3. The van der Waals surface area contributed by atoms with Crippen molar-refractivity contribution >= 4 is 34.0 Å². The number of carboxylic acid groups (broad SMARTS) is 2. The summed E-state index contributed by atoms with van der Waals surface area (Å²) in [5.74, 6) is -0.288. The fourth-order valence-electron chi connectivity index (χ4n) is 8.83. The van der Waals surface area contributed by atoms with E-state index >= 15 is 0 Å². The van der Waals surface area contributed by atoms with Gasteiger partial charge in [-0.2, -0.15) is 0 Å². The molecular weight excluding hydrogens is 820 g/mol. The van der Waals surface area contributed by atoms with E-state index in [9.17, 15) is 19.1 Å². The van der Waals surface area contributed by atoms with E-state index in [-0.39, 0.29) is 18.0 Å². The average Bonchev–Trinajstić information content (AvgIpc) is 3.87. The van der Waals surface area contributed by atoms with Crippen molar-refractivity contribution in [1.29, 1.82) is 0 Å². The number of pyridine rings is 2. The first-order valence-corrected chi connectivity index (χ1v) is 22.2. The number of halogens is 1. The Hall–Kier alpha value is -5.87. The van der Waals surface area contributed by atoms with Crippen molar-refractivity contribution in [3.05, 3.63) is 120 Å². The molecule has 6 aromatic rings. The van der Waals surface area contributed by atoms with Gasteiger partial charge in [0.05, 0.1) is 20.3 Å². The average molecular weight is 879 g/mol. The molecule has 2 aliphatic heterocycles. The molecule has 2 fully saturated rings. The second-order valence-corrected chi connectivity index (χ2v) is 16.3. The number of benzene rings is 2. The van der Waals surface area contributed by atoms with Gasteiger partial charge in [0.2, 0.25) is 0 Å². The molecule has 14 nitrogen and oxygen atoms in total. The number of aliphatic carboxylic acids is 1. The van der Waals surface area contributed by atoms with E-state index in [0.29, 0.717) is 49.7 Å². The highest BCUT2D eigenvalue weighted by atomic mass is 19.1. The molecule has 0 spiro atoms. The van der Waals surface area contributed by atoms with Gasteiger partial charge in [0, 0.05) is 74.4 Å². The zero-order valence-electron chi connectivity index (χ0n) is 36.7. The molecular formula is C49H59FN6O8. The lowest BCUT2D eigenvalue weighted by Gasteiger charge is -2.31. The molecule has 0 radical (unpaired) electrons. The van der Waals surface area contributed by atoms with Crippen LogP contribution in [0, 0.1) is 5.82 Å². The number of fused-ring (bicyclic) bond motifs is 2. The van der Waals surface area contributed by atoms with Gasteiger partial charge in [0.1, 0.15) is 47.4 Å². The number of hydrogen-bond acceptors (Lipinski definition) is 10. The molecule has 2 aliphatic rings. The Labute approximate surface area is 373 Å². The standard InChI is InChI=1S/C26H33N3O5.C23H26FN3O3/c1-3-33-15-14-29-18-23(21-5-4-10-27-25(21)29)19-8-11-28(12-9-19)13-16-34-24-17-20(32-2)6-7-22(24)26(30)31;24-19-5-3-17(4-6-19)14-27-15-21(20-2-1-9-25-23(20)27)18-7-10-26(11-8-18)12-13-30-16-22(28)29/h4-7,10,17-19H,3,8-9,11-16H2,1-2H3,(H,30,31);1-6,9,15,18H,7-8,10-14,16H2,(H,28,29). The van der Waals surface area contributed by atoms with Crippen LogP contribution in [-0.4, -0.2) is 130 Å². The van der Waals surface area contributed by atoms with E-state index in [1.54, 1.807) is 19.2 Å². The summed E-state index contributed by atoms with van der Waals surface area (Å²) in [7, 11) is 1.55. The highest BCUT2D eigenvalue weighted by molar-refractivity contribution is 5.91. The van der Waals surface area contributed by atoms with Crippen LogP contribution >= 0.6 is 0 Å². The Bertz CT molecular complexity index is 2440. The summed E-state index contributed by atoms with van der Waals surface area (Å²) in [5.41, 5.74) is 5.87. The van der Waals surface area contributed by atoms with Gasteiger partial charge < -0.3 is 43.2 Å². The molecule has 0 amide bonds. The number of piperidine rings is 2. The van der Waals surface area contributed by atoms with Gasteiger partial charge in [-0.05, 0) is 136 Å². The highest BCUT2D eigenvalue weighted by Crippen LogP contribution is 2.36. The summed E-state index contributed by atoms with van der Waals surface area (Å²) in [6, 6.07) is 19.7. The normalized spacial score (nSPS) is 15.3. The monoisotopic (exact) mass is 878 g/mol. The van der Waals surface area contributed by atoms with E-state index in [4.69, 9.17) is 24.1 Å². The van der Waals surface area contributed by atoms with Crippen LogP contribution in [0.4, 0.5) is 4.39 Å². The first kappa shape index (κ1) is 46.1. The molecule has 6 heterocycles. The van der Waals surface area contributed by atoms with Crippen LogP contribution in [0.2, 0.25) is 0 Å². The van der Waals surface area contributed by atoms with Crippen molar-refractivity contribution in [3.8, 4) is 11.5 Å². The fourth-order valence-corrected chi connectivity index (χ4v) is 8.83. The first-order valence-electron chi connectivity index (χ1n) is 22.2. The number of rotatable bonds is 19. The maximum absolute atomic E-state index is 13.2. The number of hydrogen-bond donors (Lipinski definition) is 2. The van der Waals surface area contributed by atoms with Crippen molar-refractivity contribution in [3.63, 3.8) is 0 Å². The maximum atomic E-state index is 13.2. The van der Waals surface area contributed by atoms with Gasteiger partial charge in [-0.25, -0.2) is 23.9 Å². The number of aromatic carboxylic acids is 1. The Morgan fingerprint density at radius 3 is 1.89 bits per heavy atom. The minimum atomic E-state index is -1.01. The third kappa shape index (κ3) is 12.0. The predicted octanol–water partition coefficient (Wildman–Crippen LogP) is 7.54. The van der Waals surface area contributed by atoms with Gasteiger partial charge in [-0.3, -0.25) is 4.90 Å². The van der Waals surface area contributed by atoms with Gasteiger partial charge in [-0.15, -0.1) is 0 Å². The minimum absolute atomic E-state index is 0.147. The number of ether oxygens (including phenoxy) is 4. The fraction of sp³-hybridized carbons (Fsp3) is 0.429. The largest absolute Gasteiger partial charge is 0.497 e. The van der Waals surface area contributed by atoms with Crippen LogP contribution in [0.15, 0.2) is 91.5 Å². The molecule has 0 atom stereocenters. The van der Waals surface area contributed by atoms with Crippen LogP contribution in [0.1, 0.15) is 71.5 Å². The van der Waals surface area contributed by atoms with Crippen molar-refractivity contribution in [2.75, 3.05) is 79.4 Å². The van der Waals surface area contributed by atoms with Crippen LogP contribution in [-0.2, 0) is 27.4 Å². The predicted molar refractivity (Wildman–Crippen MR) is 242 cm³/mol. The van der Waals surface area contributed by atoms with Crippen LogP contribution in [0.5, 0.6) is 11.5 Å². The summed E-state index contributed by atoms with van der Waals surface area (Å²) in [6.45, 7) is 10.9. The molecule has 15 heteroatoms. The maximum Gasteiger partial charge on any atom is 0.339 e. The number of methoxy groups -OCH3 is 1. The van der Waals surface area contributed by atoms with Crippen molar-refractivity contribution in [1.82, 2.24) is 28.9 Å². The minimum Gasteiger partial charge on any atom is -0.497 e. The zero-order chi connectivity index (χ0) is 44.8. The van der Waals surface area contributed by atoms with E-state index < -0.39 is 11.9 Å². The lowest BCUT2D eigenvalue weighted by atomic mass is 9.89. The SMILES string of the molecule is CCOCCn1cc(C2CCN(CCOc3cc(OC)ccc3C(=O)O)CC2)c2cccnc21.O=C(O)COCCN1CCC(c2cn(Cc3ccc(F)cc3)c3ncccc23)CC1. The summed E-state index contributed by atoms with van der Waals surface area (Å²) in [6.07, 6.45) is 12.4. The molecule has 0 unspecified atom stereocenters. The summed E-state index contributed by atoms with van der Waals surface area (Å²) >= 11 is 0. The highest BCUT2D eigenvalue weighted by Gasteiger charge is 2.26. The van der Waals surface area contributed by atoms with Crippen LogP contribution < -0.4 is 9.47 Å². The lowest BCUT2D eigenvalue weighted by Crippen LogP contribution is -2.35. The summed E-state index contributed by atoms with van der Waals surface area (Å²) < 4.78 is 39.4. The number of aromatic nitrogens is 4. The molecule has 0 bridgehead atoms. The first-order chi connectivity index (χ1) is 31.2. The molecule has 8 rings (SSSR count). The van der Waals surface area contributed by atoms with E-state index in [0.717, 1.165) is 95.0 Å². The van der Waals surface area contributed by atoms with E-state index in [1.807, 2.05) is 43.6 Å². The van der Waals surface area contributed by atoms with Crippen LogP contribution in [0.3, 0.4) is 0 Å². The van der Waals surface area contributed by atoms with E-state index in [2.05, 4.69) is 53.4 Å². The molecule has 0 saturated carbocycles. The van der Waals surface area contributed by atoms with Crippen molar-refractivity contribution in [2.24, 2.45) is 0 Å². The topological polar surface area (TPSA) is 154 Å². The second kappa shape index (κ2) is 22.7. The number of nitrogens with zero attached hydrogens (tertiary/aromatic N) is 6. The molecule has 2 aromatic carbocycles. The molecule has 4 aromatic heterocycles. The lowest BCUT2D eigenvalue weighted by molar-refractivity contribution is -0.142. The number of carboxylic acids is 2. The van der Waals surface area contributed by atoms with E-state index in [1.165, 1.54) is 40.1 Å². The van der Waals surface area contributed by atoms with Crippen LogP contribution in [0.25, 0.3) is 22.1 Å². The molecule has 0 aliphatic carbocycles.